The SMILES string of the molecule is CCC1CCCC(NC(=O)N2CC(C(=O)O)C2)C1. The van der Waals surface area contributed by atoms with Crippen LogP contribution in [0.25, 0.3) is 0 Å². The van der Waals surface area contributed by atoms with E-state index >= 15 is 0 Å². The molecule has 2 rings (SSSR count). The summed E-state index contributed by atoms with van der Waals surface area (Å²) in [4.78, 5) is 24.1. The smallest absolute Gasteiger partial charge is 0.317 e. The van der Waals surface area contributed by atoms with Gasteiger partial charge in [0.15, 0.2) is 0 Å². The second-order valence-corrected chi connectivity index (χ2v) is 5.53. The van der Waals surface area contributed by atoms with E-state index in [0.717, 1.165) is 18.8 Å². The van der Waals surface area contributed by atoms with Crippen LogP contribution in [-0.4, -0.2) is 41.1 Å². The number of likely N-dealkylation sites (tertiary alicyclic amines) is 1. The van der Waals surface area contributed by atoms with Crippen molar-refractivity contribution in [2.45, 2.75) is 45.1 Å². The maximum atomic E-state index is 11.9. The number of rotatable bonds is 3. The third-order valence-corrected chi connectivity index (χ3v) is 4.21. The molecule has 102 valence electrons. The first-order valence-corrected chi connectivity index (χ1v) is 6.88. The number of carboxylic acids is 1. The molecule has 2 unspecified atom stereocenters. The molecule has 1 heterocycles. The molecule has 1 aliphatic carbocycles. The van der Waals surface area contributed by atoms with Crippen LogP contribution < -0.4 is 5.32 Å². The zero-order valence-electron chi connectivity index (χ0n) is 10.9. The topological polar surface area (TPSA) is 69.6 Å². The van der Waals surface area contributed by atoms with Crippen molar-refractivity contribution in [2.75, 3.05) is 13.1 Å². The standard InChI is InChI=1S/C13H22N2O3/c1-2-9-4-3-5-11(6-9)14-13(18)15-7-10(8-15)12(16)17/h9-11H,2-8H2,1H3,(H,14,18)(H,16,17). The minimum absolute atomic E-state index is 0.0887. The maximum absolute atomic E-state index is 11.9. The van der Waals surface area contributed by atoms with Crippen LogP contribution in [0, 0.1) is 11.8 Å². The molecule has 2 fully saturated rings. The highest BCUT2D eigenvalue weighted by atomic mass is 16.4. The van der Waals surface area contributed by atoms with Crippen LogP contribution in [0.4, 0.5) is 4.79 Å². The summed E-state index contributed by atoms with van der Waals surface area (Å²) in [5, 5.41) is 11.8. The monoisotopic (exact) mass is 254 g/mol. The van der Waals surface area contributed by atoms with Crippen molar-refractivity contribution in [1.82, 2.24) is 10.2 Å². The Morgan fingerprint density at radius 3 is 2.67 bits per heavy atom. The summed E-state index contributed by atoms with van der Waals surface area (Å²) in [6.07, 6.45) is 5.75. The Labute approximate surface area is 108 Å². The van der Waals surface area contributed by atoms with Crippen LogP contribution in [0.5, 0.6) is 0 Å². The van der Waals surface area contributed by atoms with Gasteiger partial charge in [0.05, 0.1) is 5.92 Å². The molecule has 0 aromatic rings. The van der Waals surface area contributed by atoms with E-state index in [1.807, 2.05) is 0 Å². The van der Waals surface area contributed by atoms with E-state index in [4.69, 9.17) is 5.11 Å². The zero-order valence-corrected chi connectivity index (χ0v) is 10.9. The Morgan fingerprint density at radius 2 is 2.06 bits per heavy atom. The lowest BCUT2D eigenvalue weighted by Crippen LogP contribution is -2.57. The number of urea groups is 1. The van der Waals surface area contributed by atoms with E-state index in [2.05, 4.69) is 12.2 Å². The first kappa shape index (κ1) is 13.2. The van der Waals surface area contributed by atoms with Crippen molar-refractivity contribution >= 4 is 12.0 Å². The van der Waals surface area contributed by atoms with Crippen LogP contribution >= 0.6 is 0 Å². The van der Waals surface area contributed by atoms with E-state index in [9.17, 15) is 9.59 Å². The number of carbonyl (C=O) groups is 2. The lowest BCUT2D eigenvalue weighted by atomic mass is 9.84. The number of aliphatic carboxylic acids is 1. The fourth-order valence-corrected chi connectivity index (χ4v) is 2.86. The van der Waals surface area contributed by atoms with E-state index in [-0.39, 0.29) is 18.0 Å². The van der Waals surface area contributed by atoms with Gasteiger partial charge in [0, 0.05) is 19.1 Å². The Hall–Kier alpha value is -1.26. The van der Waals surface area contributed by atoms with Gasteiger partial charge in [-0.1, -0.05) is 26.2 Å². The lowest BCUT2D eigenvalue weighted by Gasteiger charge is -2.38. The molecule has 5 nitrogen and oxygen atoms in total. The fraction of sp³-hybridized carbons (Fsp3) is 0.846. The molecule has 0 radical (unpaired) electrons. The summed E-state index contributed by atoms with van der Waals surface area (Å²) in [6.45, 7) is 2.90. The van der Waals surface area contributed by atoms with E-state index in [1.165, 1.54) is 19.3 Å². The van der Waals surface area contributed by atoms with Crippen molar-refractivity contribution in [1.29, 1.82) is 0 Å². The maximum Gasteiger partial charge on any atom is 0.317 e. The number of nitrogens with zero attached hydrogens (tertiary/aromatic N) is 1. The predicted octanol–water partition coefficient (Wildman–Crippen LogP) is 1.68. The van der Waals surface area contributed by atoms with Gasteiger partial charge in [-0.05, 0) is 18.8 Å². The molecule has 2 aliphatic rings. The Kier molecular flexibility index (Phi) is 4.09. The summed E-state index contributed by atoms with van der Waals surface area (Å²) in [5.41, 5.74) is 0. The number of hydrogen-bond donors (Lipinski definition) is 2. The van der Waals surface area contributed by atoms with Gasteiger partial charge >= 0.3 is 12.0 Å². The Bertz CT molecular complexity index is 326. The third-order valence-electron chi connectivity index (χ3n) is 4.21. The van der Waals surface area contributed by atoms with Gasteiger partial charge in [0.1, 0.15) is 0 Å². The van der Waals surface area contributed by atoms with Gasteiger partial charge < -0.3 is 15.3 Å². The Balaban J connectivity index is 1.73. The number of nitrogens with one attached hydrogen (secondary N) is 1. The van der Waals surface area contributed by atoms with Crippen molar-refractivity contribution in [3.8, 4) is 0 Å². The number of amides is 2. The zero-order chi connectivity index (χ0) is 13.1. The third kappa shape index (κ3) is 2.94. The van der Waals surface area contributed by atoms with Gasteiger partial charge in [0.25, 0.3) is 0 Å². The predicted molar refractivity (Wildman–Crippen MR) is 67.3 cm³/mol. The molecule has 0 spiro atoms. The fourth-order valence-electron chi connectivity index (χ4n) is 2.86. The normalized spacial score (nSPS) is 28.6. The minimum atomic E-state index is -0.803. The van der Waals surface area contributed by atoms with Crippen LogP contribution in [0.15, 0.2) is 0 Å². The number of hydrogen-bond acceptors (Lipinski definition) is 2. The van der Waals surface area contributed by atoms with E-state index in [0.29, 0.717) is 13.1 Å². The molecular weight excluding hydrogens is 232 g/mol. The van der Waals surface area contributed by atoms with Crippen molar-refractivity contribution in [3.63, 3.8) is 0 Å². The van der Waals surface area contributed by atoms with Gasteiger partial charge in [-0.2, -0.15) is 0 Å². The highest BCUT2D eigenvalue weighted by Gasteiger charge is 2.36. The van der Waals surface area contributed by atoms with Crippen LogP contribution in [0.3, 0.4) is 0 Å². The van der Waals surface area contributed by atoms with Gasteiger partial charge in [-0.15, -0.1) is 0 Å². The summed E-state index contributed by atoms with van der Waals surface area (Å²) in [6, 6.07) is 0.189. The van der Waals surface area contributed by atoms with Crippen molar-refractivity contribution < 1.29 is 14.7 Å². The molecule has 1 saturated carbocycles. The summed E-state index contributed by atoms with van der Waals surface area (Å²) in [7, 11) is 0. The average Bonchev–Trinajstić information content (AvgIpc) is 2.26. The number of carbonyl (C=O) groups excluding carboxylic acids is 1. The highest BCUT2D eigenvalue weighted by Crippen LogP contribution is 2.27. The molecule has 0 aromatic heterocycles. The highest BCUT2D eigenvalue weighted by molar-refractivity contribution is 5.79. The molecule has 0 bridgehead atoms. The van der Waals surface area contributed by atoms with Gasteiger partial charge in [0.2, 0.25) is 0 Å². The molecule has 2 amide bonds. The van der Waals surface area contributed by atoms with Crippen molar-refractivity contribution in [3.05, 3.63) is 0 Å². The first-order chi connectivity index (χ1) is 8.60. The molecule has 1 saturated heterocycles. The quantitative estimate of drug-likeness (QED) is 0.805. The van der Waals surface area contributed by atoms with Crippen molar-refractivity contribution in [2.24, 2.45) is 11.8 Å². The molecule has 2 atom stereocenters. The largest absolute Gasteiger partial charge is 0.481 e. The number of carboxylic acid groups (broad SMARTS) is 1. The van der Waals surface area contributed by atoms with Crippen LogP contribution in [0.1, 0.15) is 39.0 Å². The minimum Gasteiger partial charge on any atom is -0.481 e. The Morgan fingerprint density at radius 1 is 1.33 bits per heavy atom. The summed E-state index contributed by atoms with van der Waals surface area (Å²) in [5.74, 6) is -0.444. The summed E-state index contributed by atoms with van der Waals surface area (Å²) < 4.78 is 0. The lowest BCUT2D eigenvalue weighted by molar-refractivity contribution is -0.146. The molecule has 1 aliphatic heterocycles. The molecule has 5 heteroatoms. The average molecular weight is 254 g/mol. The van der Waals surface area contributed by atoms with Gasteiger partial charge in [-0.3, -0.25) is 4.79 Å². The molecule has 2 N–H and O–H groups in total. The first-order valence-electron chi connectivity index (χ1n) is 6.88. The second-order valence-electron chi connectivity index (χ2n) is 5.53. The van der Waals surface area contributed by atoms with E-state index < -0.39 is 5.97 Å². The summed E-state index contributed by atoms with van der Waals surface area (Å²) >= 11 is 0. The van der Waals surface area contributed by atoms with E-state index in [1.54, 1.807) is 4.90 Å². The molecular formula is C13H22N2O3. The second kappa shape index (κ2) is 5.59. The molecule has 18 heavy (non-hydrogen) atoms. The molecule has 0 aromatic carbocycles. The van der Waals surface area contributed by atoms with Gasteiger partial charge in [-0.25, -0.2) is 4.79 Å². The van der Waals surface area contributed by atoms with Crippen LogP contribution in [0.2, 0.25) is 0 Å². The van der Waals surface area contributed by atoms with Crippen LogP contribution in [-0.2, 0) is 4.79 Å².